The Morgan fingerprint density at radius 1 is 1.20 bits per heavy atom. The third-order valence-corrected chi connectivity index (χ3v) is 3.80. The van der Waals surface area contributed by atoms with E-state index in [4.69, 9.17) is 10.5 Å². The Kier molecular flexibility index (Phi) is 5.44. The molecule has 20 heavy (non-hydrogen) atoms. The topological polar surface area (TPSA) is 35.2 Å². The summed E-state index contributed by atoms with van der Waals surface area (Å²) in [5.41, 5.74) is 6.68. The van der Waals surface area contributed by atoms with Gasteiger partial charge in [0.25, 0.3) is 0 Å². The van der Waals surface area contributed by atoms with Crippen molar-refractivity contribution in [1.82, 2.24) is 0 Å². The van der Waals surface area contributed by atoms with Crippen molar-refractivity contribution in [3.05, 3.63) is 59.9 Å². The molecule has 106 valence electrons. The molecule has 2 aromatic rings. The largest absolute Gasteiger partial charge is 0.492 e. The number of thioether (sulfide) groups is 1. The summed E-state index contributed by atoms with van der Waals surface area (Å²) in [6.45, 7) is 2.38. The molecule has 0 bridgehead atoms. The SMILES string of the molecule is C[C@H](N)c1ccc(F)cc1OCCSc1ccccc1. The molecule has 4 heteroatoms. The Morgan fingerprint density at radius 3 is 2.65 bits per heavy atom. The molecule has 2 N–H and O–H groups in total. The van der Waals surface area contributed by atoms with E-state index in [1.807, 2.05) is 25.1 Å². The van der Waals surface area contributed by atoms with E-state index in [-0.39, 0.29) is 11.9 Å². The number of nitrogens with two attached hydrogens (primary N) is 1. The van der Waals surface area contributed by atoms with Crippen LogP contribution in [0.5, 0.6) is 5.75 Å². The number of hydrogen-bond donors (Lipinski definition) is 1. The van der Waals surface area contributed by atoms with E-state index in [1.165, 1.54) is 17.0 Å². The molecule has 0 aromatic heterocycles. The normalized spacial score (nSPS) is 12.2. The molecule has 0 radical (unpaired) electrons. The summed E-state index contributed by atoms with van der Waals surface area (Å²) in [6.07, 6.45) is 0. The van der Waals surface area contributed by atoms with Gasteiger partial charge in [0.15, 0.2) is 0 Å². The van der Waals surface area contributed by atoms with Gasteiger partial charge < -0.3 is 10.5 Å². The van der Waals surface area contributed by atoms with E-state index in [9.17, 15) is 4.39 Å². The average Bonchev–Trinajstić information content (AvgIpc) is 2.44. The lowest BCUT2D eigenvalue weighted by atomic mass is 10.1. The Balaban J connectivity index is 1.89. The zero-order chi connectivity index (χ0) is 14.4. The Morgan fingerprint density at radius 2 is 1.95 bits per heavy atom. The fraction of sp³-hybridized carbons (Fsp3) is 0.250. The molecule has 2 aromatic carbocycles. The maximum absolute atomic E-state index is 13.3. The predicted molar refractivity (Wildman–Crippen MR) is 81.7 cm³/mol. The van der Waals surface area contributed by atoms with Crippen LogP contribution >= 0.6 is 11.8 Å². The molecule has 0 spiro atoms. The second-order valence-corrected chi connectivity index (χ2v) is 5.65. The van der Waals surface area contributed by atoms with E-state index < -0.39 is 0 Å². The molecule has 0 saturated carbocycles. The fourth-order valence-electron chi connectivity index (χ4n) is 1.84. The molecule has 0 aliphatic heterocycles. The Bertz CT molecular complexity index is 545. The highest BCUT2D eigenvalue weighted by atomic mass is 32.2. The van der Waals surface area contributed by atoms with Gasteiger partial charge >= 0.3 is 0 Å². The summed E-state index contributed by atoms with van der Waals surface area (Å²) in [4.78, 5) is 1.20. The lowest BCUT2D eigenvalue weighted by Crippen LogP contribution is -2.09. The minimum absolute atomic E-state index is 0.174. The molecule has 0 amide bonds. The van der Waals surface area contributed by atoms with Crippen LogP contribution < -0.4 is 10.5 Å². The van der Waals surface area contributed by atoms with Crippen LogP contribution in [0, 0.1) is 5.82 Å². The van der Waals surface area contributed by atoms with E-state index in [1.54, 1.807) is 17.8 Å². The summed E-state index contributed by atoms with van der Waals surface area (Å²) in [5.74, 6) is 1.03. The molecular formula is C16H18FNOS. The van der Waals surface area contributed by atoms with Crippen molar-refractivity contribution in [2.75, 3.05) is 12.4 Å². The average molecular weight is 291 g/mol. The van der Waals surface area contributed by atoms with Crippen molar-refractivity contribution in [3.8, 4) is 5.75 Å². The Hall–Kier alpha value is -1.52. The van der Waals surface area contributed by atoms with Crippen molar-refractivity contribution in [1.29, 1.82) is 0 Å². The molecule has 0 heterocycles. The van der Waals surface area contributed by atoms with Crippen LogP contribution in [0.1, 0.15) is 18.5 Å². The molecule has 2 rings (SSSR count). The third-order valence-electron chi connectivity index (χ3n) is 2.82. The lowest BCUT2D eigenvalue weighted by molar-refractivity contribution is 0.336. The zero-order valence-corrected chi connectivity index (χ0v) is 12.2. The van der Waals surface area contributed by atoms with Crippen molar-refractivity contribution >= 4 is 11.8 Å². The van der Waals surface area contributed by atoms with Crippen molar-refractivity contribution < 1.29 is 9.13 Å². The van der Waals surface area contributed by atoms with Crippen molar-refractivity contribution in [2.45, 2.75) is 17.9 Å². The van der Waals surface area contributed by atoms with Gasteiger partial charge in [-0.05, 0) is 25.1 Å². The van der Waals surface area contributed by atoms with Crippen LogP contribution in [-0.4, -0.2) is 12.4 Å². The molecule has 0 aliphatic carbocycles. The van der Waals surface area contributed by atoms with E-state index in [0.717, 1.165) is 11.3 Å². The first-order valence-corrected chi connectivity index (χ1v) is 7.51. The summed E-state index contributed by atoms with van der Waals surface area (Å²) < 4.78 is 18.9. The number of halogens is 1. The first-order valence-electron chi connectivity index (χ1n) is 6.52. The maximum atomic E-state index is 13.3. The van der Waals surface area contributed by atoms with E-state index >= 15 is 0 Å². The van der Waals surface area contributed by atoms with Crippen LogP contribution in [0.25, 0.3) is 0 Å². The van der Waals surface area contributed by atoms with E-state index in [2.05, 4.69) is 12.1 Å². The molecule has 1 atom stereocenters. The maximum Gasteiger partial charge on any atom is 0.127 e. The summed E-state index contributed by atoms with van der Waals surface area (Å²) >= 11 is 1.71. The lowest BCUT2D eigenvalue weighted by Gasteiger charge is -2.14. The van der Waals surface area contributed by atoms with Crippen LogP contribution in [0.15, 0.2) is 53.4 Å². The van der Waals surface area contributed by atoms with Gasteiger partial charge in [-0.3, -0.25) is 0 Å². The minimum atomic E-state index is -0.305. The first-order chi connectivity index (χ1) is 9.66. The van der Waals surface area contributed by atoms with Gasteiger partial charge in [0.1, 0.15) is 11.6 Å². The number of benzene rings is 2. The smallest absolute Gasteiger partial charge is 0.127 e. The van der Waals surface area contributed by atoms with Crippen molar-refractivity contribution in [2.24, 2.45) is 5.73 Å². The molecule has 0 unspecified atom stereocenters. The van der Waals surface area contributed by atoms with Gasteiger partial charge in [-0.2, -0.15) is 0 Å². The standard InChI is InChI=1S/C16H18FNOS/c1-12(18)15-8-7-13(17)11-16(15)19-9-10-20-14-5-3-2-4-6-14/h2-8,11-12H,9-10,18H2,1H3/t12-/m0/s1. The third kappa shape index (κ3) is 4.25. The number of rotatable bonds is 6. The Labute approximate surface area is 123 Å². The molecule has 0 saturated heterocycles. The quantitative estimate of drug-likeness (QED) is 0.645. The minimum Gasteiger partial charge on any atom is -0.492 e. The first kappa shape index (κ1) is 14.9. The number of hydrogen-bond acceptors (Lipinski definition) is 3. The van der Waals surface area contributed by atoms with Crippen LogP contribution in [0.3, 0.4) is 0 Å². The van der Waals surface area contributed by atoms with Gasteiger partial charge in [-0.15, -0.1) is 11.8 Å². The van der Waals surface area contributed by atoms with Crippen LogP contribution in [0.4, 0.5) is 4.39 Å². The molecule has 2 nitrogen and oxygen atoms in total. The molecular weight excluding hydrogens is 273 g/mol. The highest BCUT2D eigenvalue weighted by Gasteiger charge is 2.09. The van der Waals surface area contributed by atoms with Crippen molar-refractivity contribution in [3.63, 3.8) is 0 Å². The zero-order valence-electron chi connectivity index (χ0n) is 11.4. The fourth-order valence-corrected chi connectivity index (χ4v) is 2.59. The highest BCUT2D eigenvalue weighted by molar-refractivity contribution is 7.99. The van der Waals surface area contributed by atoms with Gasteiger partial charge in [-0.25, -0.2) is 4.39 Å². The predicted octanol–water partition coefficient (Wildman–Crippen LogP) is 4.02. The summed E-state index contributed by atoms with van der Waals surface area (Å²) in [6, 6.07) is 14.4. The van der Waals surface area contributed by atoms with Crippen LogP contribution in [0.2, 0.25) is 0 Å². The molecule has 0 aliphatic rings. The highest BCUT2D eigenvalue weighted by Crippen LogP contribution is 2.25. The van der Waals surface area contributed by atoms with Gasteiger partial charge in [0.05, 0.1) is 6.61 Å². The second-order valence-electron chi connectivity index (χ2n) is 4.48. The van der Waals surface area contributed by atoms with E-state index in [0.29, 0.717) is 12.4 Å². The summed E-state index contributed by atoms with van der Waals surface area (Å²) in [7, 11) is 0. The van der Waals surface area contributed by atoms with Gasteiger partial charge in [0, 0.05) is 28.3 Å². The van der Waals surface area contributed by atoms with Crippen LogP contribution in [-0.2, 0) is 0 Å². The number of ether oxygens (including phenoxy) is 1. The second kappa shape index (κ2) is 7.31. The molecule has 0 fully saturated rings. The summed E-state index contributed by atoms with van der Waals surface area (Å²) in [5, 5.41) is 0. The monoisotopic (exact) mass is 291 g/mol. The van der Waals surface area contributed by atoms with Gasteiger partial charge in [0.2, 0.25) is 0 Å². The van der Waals surface area contributed by atoms with Gasteiger partial charge in [-0.1, -0.05) is 24.3 Å².